The van der Waals surface area contributed by atoms with E-state index in [4.69, 9.17) is 12.2 Å². The molecular weight excluding hydrogens is 322 g/mol. The average molecular weight is 339 g/mol. The Hall–Kier alpha value is -1.91. The van der Waals surface area contributed by atoms with Crippen molar-refractivity contribution in [2.75, 3.05) is 4.90 Å². The van der Waals surface area contributed by atoms with Gasteiger partial charge in [0.15, 0.2) is 4.32 Å². The van der Waals surface area contributed by atoms with Crippen LogP contribution in [0.5, 0.6) is 0 Å². The van der Waals surface area contributed by atoms with Crippen molar-refractivity contribution in [3.05, 3.63) is 69.6 Å². The fraction of sp³-hybridized carbons (Fsp3) is 0.158. The van der Waals surface area contributed by atoms with Crippen LogP contribution in [0.25, 0.3) is 6.08 Å². The van der Waals surface area contributed by atoms with E-state index in [1.165, 1.54) is 22.9 Å². The monoisotopic (exact) mass is 339 g/mol. The van der Waals surface area contributed by atoms with Crippen LogP contribution in [0.3, 0.4) is 0 Å². The molecule has 0 saturated carbocycles. The number of anilines is 1. The number of benzene rings is 2. The summed E-state index contributed by atoms with van der Waals surface area (Å²) >= 11 is 6.77. The molecule has 0 radical (unpaired) electrons. The maximum Gasteiger partial charge on any atom is 0.270 e. The molecule has 0 bridgehead atoms. The second-order valence-corrected chi connectivity index (χ2v) is 7.37. The molecular formula is C19H17NOS2. The Balaban J connectivity index is 1.93. The Kier molecular flexibility index (Phi) is 4.37. The molecule has 0 aliphatic carbocycles. The summed E-state index contributed by atoms with van der Waals surface area (Å²) < 4.78 is 0.580. The lowest BCUT2D eigenvalue weighted by Crippen LogP contribution is -2.27. The number of nitrogens with zero attached hydrogens (tertiary/aromatic N) is 1. The van der Waals surface area contributed by atoms with Crippen LogP contribution in [-0.2, 0) is 4.79 Å². The quantitative estimate of drug-likeness (QED) is 0.566. The van der Waals surface area contributed by atoms with Gasteiger partial charge < -0.3 is 0 Å². The minimum atomic E-state index is -0.0520. The van der Waals surface area contributed by atoms with Crippen LogP contribution >= 0.6 is 24.0 Å². The van der Waals surface area contributed by atoms with E-state index in [0.29, 0.717) is 9.23 Å². The molecule has 1 aliphatic rings. The number of carbonyl (C=O) groups is 1. The zero-order valence-electron chi connectivity index (χ0n) is 13.3. The van der Waals surface area contributed by atoms with Crippen LogP contribution in [0, 0.1) is 20.8 Å². The molecule has 1 heterocycles. The molecule has 2 aromatic rings. The number of thiocarbonyl (C=S) groups is 1. The van der Waals surface area contributed by atoms with E-state index >= 15 is 0 Å². The molecule has 0 aromatic heterocycles. The summed E-state index contributed by atoms with van der Waals surface area (Å²) in [5.74, 6) is -0.0520. The first-order valence-electron chi connectivity index (χ1n) is 7.37. The predicted octanol–water partition coefficient (Wildman–Crippen LogP) is 5.02. The predicted molar refractivity (Wildman–Crippen MR) is 103 cm³/mol. The van der Waals surface area contributed by atoms with E-state index in [0.717, 1.165) is 16.8 Å². The van der Waals surface area contributed by atoms with Gasteiger partial charge in [-0.3, -0.25) is 9.69 Å². The van der Waals surface area contributed by atoms with Gasteiger partial charge in [-0.15, -0.1) is 0 Å². The third-order valence-electron chi connectivity index (χ3n) is 3.92. The fourth-order valence-corrected chi connectivity index (χ4v) is 3.67. The summed E-state index contributed by atoms with van der Waals surface area (Å²) in [4.78, 5) is 15.0. The fourth-order valence-electron chi connectivity index (χ4n) is 2.37. The van der Waals surface area contributed by atoms with Crippen molar-refractivity contribution >= 4 is 46.0 Å². The highest BCUT2D eigenvalue weighted by Gasteiger charge is 2.33. The van der Waals surface area contributed by atoms with Gasteiger partial charge in [0, 0.05) is 0 Å². The molecule has 23 heavy (non-hydrogen) atoms. The lowest BCUT2D eigenvalue weighted by atomic mass is 10.1. The van der Waals surface area contributed by atoms with Gasteiger partial charge >= 0.3 is 0 Å². The van der Waals surface area contributed by atoms with Gasteiger partial charge in [0.2, 0.25) is 0 Å². The van der Waals surface area contributed by atoms with Crippen molar-refractivity contribution in [1.82, 2.24) is 0 Å². The second kappa shape index (κ2) is 6.30. The lowest BCUT2D eigenvalue weighted by molar-refractivity contribution is -0.113. The van der Waals surface area contributed by atoms with Crippen molar-refractivity contribution in [1.29, 1.82) is 0 Å². The van der Waals surface area contributed by atoms with Crippen molar-refractivity contribution in [3.63, 3.8) is 0 Å². The molecule has 1 aliphatic heterocycles. The van der Waals surface area contributed by atoms with Gasteiger partial charge in [-0.2, -0.15) is 0 Å². The zero-order valence-corrected chi connectivity index (χ0v) is 14.9. The van der Waals surface area contributed by atoms with Crippen molar-refractivity contribution < 1.29 is 4.79 Å². The zero-order chi connectivity index (χ0) is 16.6. The van der Waals surface area contributed by atoms with Crippen molar-refractivity contribution in [3.8, 4) is 0 Å². The Morgan fingerprint density at radius 1 is 1.00 bits per heavy atom. The molecule has 1 saturated heterocycles. The minimum absolute atomic E-state index is 0.0520. The van der Waals surface area contributed by atoms with E-state index in [-0.39, 0.29) is 5.91 Å². The summed E-state index contributed by atoms with van der Waals surface area (Å²) in [7, 11) is 0. The van der Waals surface area contributed by atoms with Crippen molar-refractivity contribution in [2.45, 2.75) is 20.8 Å². The summed E-state index contributed by atoms with van der Waals surface area (Å²) in [6, 6.07) is 14.1. The highest BCUT2D eigenvalue weighted by Crippen LogP contribution is 2.36. The van der Waals surface area contributed by atoms with E-state index in [9.17, 15) is 4.79 Å². The van der Waals surface area contributed by atoms with Gasteiger partial charge in [0.25, 0.3) is 5.91 Å². The maximum absolute atomic E-state index is 12.7. The van der Waals surface area contributed by atoms with Gasteiger partial charge in [0.05, 0.1) is 10.6 Å². The van der Waals surface area contributed by atoms with E-state index < -0.39 is 0 Å². The SMILES string of the molecule is Cc1ccc(/C=C2/SC(=S)N(c3ccc(C)c(C)c3)C2=O)cc1. The number of thioether (sulfide) groups is 1. The number of hydrogen-bond donors (Lipinski definition) is 0. The van der Waals surface area contributed by atoms with Crippen LogP contribution in [0.1, 0.15) is 22.3 Å². The number of rotatable bonds is 2. The molecule has 1 amide bonds. The van der Waals surface area contributed by atoms with Gasteiger partial charge in [-0.1, -0.05) is 59.9 Å². The first-order chi connectivity index (χ1) is 11.0. The number of aryl methyl sites for hydroxylation is 3. The molecule has 0 unspecified atom stereocenters. The van der Waals surface area contributed by atoms with Crippen LogP contribution in [0.15, 0.2) is 47.4 Å². The van der Waals surface area contributed by atoms with Crippen molar-refractivity contribution in [2.24, 2.45) is 0 Å². The van der Waals surface area contributed by atoms with Crippen LogP contribution in [0.2, 0.25) is 0 Å². The normalized spacial score (nSPS) is 16.5. The van der Waals surface area contributed by atoms with Gasteiger partial charge in [-0.25, -0.2) is 0 Å². The Labute approximate surface area is 146 Å². The maximum atomic E-state index is 12.7. The number of carbonyl (C=O) groups excluding carboxylic acids is 1. The van der Waals surface area contributed by atoms with E-state index in [2.05, 4.69) is 6.92 Å². The summed E-state index contributed by atoms with van der Waals surface area (Å²) in [5, 5.41) is 0. The molecule has 4 heteroatoms. The average Bonchev–Trinajstić information content (AvgIpc) is 2.79. The third-order valence-corrected chi connectivity index (χ3v) is 5.22. The molecule has 2 aromatic carbocycles. The van der Waals surface area contributed by atoms with Crippen LogP contribution in [-0.4, -0.2) is 10.2 Å². The smallest absolute Gasteiger partial charge is 0.268 e. The second-order valence-electron chi connectivity index (χ2n) is 5.70. The van der Waals surface area contributed by atoms with Crippen LogP contribution < -0.4 is 4.90 Å². The molecule has 3 rings (SSSR count). The topological polar surface area (TPSA) is 20.3 Å². The van der Waals surface area contributed by atoms with E-state index in [1.807, 2.05) is 62.4 Å². The molecule has 2 nitrogen and oxygen atoms in total. The third kappa shape index (κ3) is 3.23. The summed E-state index contributed by atoms with van der Waals surface area (Å²) in [5.41, 5.74) is 5.40. The molecule has 1 fully saturated rings. The standard InChI is InChI=1S/C19H17NOS2/c1-12-4-7-15(8-5-12)11-17-18(21)20(19(22)23-17)16-9-6-13(2)14(3)10-16/h4-11H,1-3H3/b17-11+. The molecule has 0 N–H and O–H groups in total. The number of amides is 1. The highest BCUT2D eigenvalue weighted by molar-refractivity contribution is 8.27. The van der Waals surface area contributed by atoms with E-state index in [1.54, 1.807) is 4.90 Å². The molecule has 0 atom stereocenters. The largest absolute Gasteiger partial charge is 0.270 e. The number of hydrogen-bond acceptors (Lipinski definition) is 3. The summed E-state index contributed by atoms with van der Waals surface area (Å²) in [6.07, 6.45) is 1.90. The van der Waals surface area contributed by atoms with Gasteiger partial charge in [0.1, 0.15) is 0 Å². The Morgan fingerprint density at radius 2 is 1.70 bits per heavy atom. The van der Waals surface area contributed by atoms with Gasteiger partial charge in [-0.05, 0) is 55.7 Å². The summed E-state index contributed by atoms with van der Waals surface area (Å²) in [6.45, 7) is 6.14. The molecule has 116 valence electrons. The van der Waals surface area contributed by atoms with Crippen LogP contribution in [0.4, 0.5) is 5.69 Å². The first-order valence-corrected chi connectivity index (χ1v) is 8.60. The molecule has 0 spiro atoms. The Bertz CT molecular complexity index is 822. The Morgan fingerprint density at radius 3 is 2.35 bits per heavy atom. The minimum Gasteiger partial charge on any atom is -0.268 e. The first kappa shape index (κ1) is 16.0. The lowest BCUT2D eigenvalue weighted by Gasteiger charge is -2.15. The highest BCUT2D eigenvalue weighted by atomic mass is 32.2.